The number of benzene rings is 3. The van der Waals surface area contributed by atoms with Crippen molar-refractivity contribution in [3.05, 3.63) is 104 Å². The zero-order valence-corrected chi connectivity index (χ0v) is 21.4. The molecule has 2 nitrogen and oxygen atoms in total. The Balaban J connectivity index is 1.25. The summed E-state index contributed by atoms with van der Waals surface area (Å²) in [6.07, 6.45) is 21.6. The Morgan fingerprint density at radius 2 is 1.70 bits per heavy atom. The van der Waals surface area contributed by atoms with Crippen LogP contribution < -0.4 is 9.75 Å². The van der Waals surface area contributed by atoms with Gasteiger partial charge in [0.1, 0.15) is 0 Å². The van der Waals surface area contributed by atoms with Crippen molar-refractivity contribution < 1.29 is 0 Å². The van der Waals surface area contributed by atoms with Crippen LogP contribution in [-0.4, -0.2) is 9.97 Å². The van der Waals surface area contributed by atoms with Crippen LogP contribution in [0.5, 0.6) is 0 Å². The van der Waals surface area contributed by atoms with Crippen LogP contribution in [0.15, 0.2) is 66.9 Å². The number of fused-ring (bicyclic) bond motifs is 9. The molecule has 0 amide bonds. The molecule has 3 aromatic carbocycles. The summed E-state index contributed by atoms with van der Waals surface area (Å²) < 4.78 is 1.45. The summed E-state index contributed by atoms with van der Waals surface area (Å²) in [4.78, 5) is 11.7. The molecule has 178 valence electrons. The van der Waals surface area contributed by atoms with Crippen molar-refractivity contribution in [2.45, 2.75) is 38.0 Å². The Morgan fingerprint density at radius 1 is 0.838 bits per heavy atom. The average Bonchev–Trinajstić information content (AvgIpc) is 3.35. The largest absolute Gasteiger partial charge is 0.252 e. The average molecular weight is 495 g/mol. The maximum absolute atomic E-state index is 5.24. The van der Waals surface area contributed by atoms with Crippen LogP contribution in [0.25, 0.3) is 57.4 Å². The molecule has 0 saturated heterocycles. The lowest BCUT2D eigenvalue weighted by Crippen LogP contribution is -2.26. The molecule has 0 aliphatic heterocycles. The first-order chi connectivity index (χ1) is 18.3. The zero-order chi connectivity index (χ0) is 24.3. The molecule has 1 unspecified atom stereocenters. The Kier molecular flexibility index (Phi) is 4.81. The molecule has 0 N–H and O–H groups in total. The molecule has 0 fully saturated rings. The maximum Gasteiger partial charge on any atom is 0.0975 e. The summed E-state index contributed by atoms with van der Waals surface area (Å²) in [6, 6.07) is 17.6. The van der Waals surface area contributed by atoms with Gasteiger partial charge in [0.15, 0.2) is 0 Å². The predicted molar refractivity (Wildman–Crippen MR) is 157 cm³/mol. The van der Waals surface area contributed by atoms with Crippen molar-refractivity contribution in [2.24, 2.45) is 0 Å². The Bertz CT molecular complexity index is 1920. The zero-order valence-electron chi connectivity index (χ0n) is 20.6. The van der Waals surface area contributed by atoms with Gasteiger partial charge in [0.25, 0.3) is 0 Å². The van der Waals surface area contributed by atoms with Gasteiger partial charge in [-0.1, -0.05) is 72.8 Å². The van der Waals surface area contributed by atoms with E-state index in [2.05, 4.69) is 85.0 Å². The lowest BCUT2D eigenvalue weighted by Gasteiger charge is -2.18. The Hall–Kier alpha value is -3.82. The molecule has 3 aliphatic rings. The summed E-state index contributed by atoms with van der Waals surface area (Å²) in [5, 5.41) is 3.94. The minimum Gasteiger partial charge on any atom is -0.252 e. The lowest BCUT2D eigenvalue weighted by molar-refractivity contribution is 0.914. The van der Waals surface area contributed by atoms with Crippen molar-refractivity contribution in [3.8, 4) is 11.3 Å². The van der Waals surface area contributed by atoms with E-state index in [4.69, 9.17) is 9.97 Å². The normalized spacial score (nSPS) is 17.7. The van der Waals surface area contributed by atoms with E-state index in [0.717, 1.165) is 54.4 Å². The molecule has 8 rings (SSSR count). The van der Waals surface area contributed by atoms with Gasteiger partial charge in [-0.05, 0) is 77.1 Å². The van der Waals surface area contributed by atoms with Crippen LogP contribution in [0.4, 0.5) is 0 Å². The van der Waals surface area contributed by atoms with E-state index in [0.29, 0.717) is 5.92 Å². The van der Waals surface area contributed by atoms with Gasteiger partial charge in [-0.15, -0.1) is 11.3 Å². The van der Waals surface area contributed by atoms with Crippen LogP contribution in [0, 0.1) is 0 Å². The van der Waals surface area contributed by atoms with Crippen LogP contribution >= 0.6 is 11.3 Å². The molecule has 2 heterocycles. The molecule has 2 aromatic heterocycles. The third kappa shape index (κ3) is 3.38. The number of rotatable bonds is 2. The highest BCUT2D eigenvalue weighted by molar-refractivity contribution is 7.11. The topological polar surface area (TPSA) is 25.8 Å². The van der Waals surface area contributed by atoms with Gasteiger partial charge < -0.3 is 0 Å². The molecule has 0 saturated carbocycles. The van der Waals surface area contributed by atoms with Crippen LogP contribution in [0.3, 0.4) is 0 Å². The van der Waals surface area contributed by atoms with Crippen molar-refractivity contribution in [2.75, 3.05) is 0 Å². The monoisotopic (exact) mass is 494 g/mol. The number of thiophene rings is 1. The molecular formula is C34H26N2S. The van der Waals surface area contributed by atoms with Gasteiger partial charge in [-0.25, -0.2) is 4.98 Å². The fourth-order valence-corrected chi connectivity index (χ4v) is 7.57. The van der Waals surface area contributed by atoms with E-state index in [1.165, 1.54) is 42.1 Å². The minimum atomic E-state index is 0.394. The molecule has 0 bridgehead atoms. The molecule has 0 spiro atoms. The fraction of sp³-hybridized carbons (Fsp3) is 0.176. The molecule has 37 heavy (non-hydrogen) atoms. The predicted octanol–water partition coefficient (Wildman–Crippen LogP) is 7.18. The van der Waals surface area contributed by atoms with Crippen molar-refractivity contribution in [1.82, 2.24) is 9.97 Å². The molecule has 1 atom stereocenters. The quantitative estimate of drug-likeness (QED) is 0.243. The lowest BCUT2D eigenvalue weighted by atomic mass is 9.89. The highest BCUT2D eigenvalue weighted by Gasteiger charge is 2.19. The molecule has 3 heteroatoms. The standard InChI is InChI=1S/C34H26N2S/c1-3-13-27-24(10-1)25-11-2-4-14-28(25)34-33(27)35-20-30(36-34)23-9-7-8-21(18-23)22-16-17-32-29(19-22)26-12-5-6-15-31(26)37-32/h1-2,4,6-11,14-15,17-20,22H,3,5,12-13,16H2. The number of hydrogen-bond donors (Lipinski definition) is 0. The number of nitrogens with zero attached hydrogens (tertiary/aromatic N) is 2. The first kappa shape index (κ1) is 21.3. The molecule has 3 aliphatic carbocycles. The van der Waals surface area contributed by atoms with Gasteiger partial charge in [-0.3, -0.25) is 4.98 Å². The summed E-state index contributed by atoms with van der Waals surface area (Å²) in [5.41, 5.74) is 9.71. The Morgan fingerprint density at radius 3 is 2.65 bits per heavy atom. The Labute approximate surface area is 220 Å². The summed E-state index contributed by atoms with van der Waals surface area (Å²) in [7, 11) is 0. The van der Waals surface area contributed by atoms with Gasteiger partial charge in [0, 0.05) is 26.3 Å². The number of allylic oxidation sites excluding steroid dienone is 2. The smallest absolute Gasteiger partial charge is 0.0975 e. The van der Waals surface area contributed by atoms with E-state index < -0.39 is 0 Å². The third-order valence-electron chi connectivity index (χ3n) is 8.18. The summed E-state index contributed by atoms with van der Waals surface area (Å²) in [5.74, 6) is 0.394. The van der Waals surface area contributed by atoms with Gasteiger partial charge in [0.2, 0.25) is 0 Å². The van der Waals surface area contributed by atoms with Crippen molar-refractivity contribution in [1.29, 1.82) is 0 Å². The third-order valence-corrected chi connectivity index (χ3v) is 9.38. The van der Waals surface area contributed by atoms with E-state index in [9.17, 15) is 0 Å². The SMILES string of the molecule is C1=Cc2sc3c(c2CC1)=CC(c1cccc(-c2cnc4c5c(c6ccccc6c4n2)C=CCC5)c1)CC=3. The van der Waals surface area contributed by atoms with E-state index in [-0.39, 0.29) is 0 Å². The van der Waals surface area contributed by atoms with Gasteiger partial charge in [-0.2, -0.15) is 0 Å². The highest BCUT2D eigenvalue weighted by Crippen LogP contribution is 2.36. The second-order valence-corrected chi connectivity index (χ2v) is 11.4. The summed E-state index contributed by atoms with van der Waals surface area (Å²) >= 11 is 1.95. The highest BCUT2D eigenvalue weighted by atomic mass is 32.1. The maximum atomic E-state index is 5.24. The van der Waals surface area contributed by atoms with Crippen LogP contribution in [0.2, 0.25) is 0 Å². The van der Waals surface area contributed by atoms with E-state index >= 15 is 0 Å². The van der Waals surface area contributed by atoms with Crippen LogP contribution in [-0.2, 0) is 12.8 Å². The van der Waals surface area contributed by atoms with Crippen LogP contribution in [0.1, 0.15) is 52.3 Å². The minimum absolute atomic E-state index is 0.394. The van der Waals surface area contributed by atoms with Crippen molar-refractivity contribution in [3.63, 3.8) is 0 Å². The fourth-order valence-electron chi connectivity index (χ4n) is 6.35. The second kappa shape index (κ2) is 8.36. The van der Waals surface area contributed by atoms with E-state index in [1.807, 2.05) is 17.5 Å². The molecular weight excluding hydrogens is 468 g/mol. The molecule has 0 radical (unpaired) electrons. The van der Waals surface area contributed by atoms with Crippen molar-refractivity contribution >= 4 is 57.4 Å². The molecule has 5 aromatic rings. The number of hydrogen-bond acceptors (Lipinski definition) is 3. The number of aromatic nitrogens is 2. The van der Waals surface area contributed by atoms with Gasteiger partial charge >= 0.3 is 0 Å². The second-order valence-electron chi connectivity index (χ2n) is 10.3. The first-order valence-corrected chi connectivity index (χ1v) is 14.1. The van der Waals surface area contributed by atoms with E-state index in [1.54, 1.807) is 5.56 Å². The summed E-state index contributed by atoms with van der Waals surface area (Å²) in [6.45, 7) is 0. The van der Waals surface area contributed by atoms with Gasteiger partial charge in [0.05, 0.1) is 22.9 Å². The first-order valence-electron chi connectivity index (χ1n) is 13.3. The number of aryl methyl sites for hydroxylation is 1.